The van der Waals surface area contributed by atoms with E-state index in [9.17, 15) is 30.0 Å². The molecule has 2 saturated carbocycles. The normalized spacial score (nSPS) is 22.0. The highest BCUT2D eigenvalue weighted by molar-refractivity contribution is 6.31. The first kappa shape index (κ1) is 39.5. The van der Waals surface area contributed by atoms with Crippen LogP contribution in [0.15, 0.2) is 91.0 Å². The second-order valence-electron chi connectivity index (χ2n) is 13.3. The molecule has 0 unspecified atom stereocenters. The molecule has 0 radical (unpaired) electrons. The maximum Gasteiger partial charge on any atom is 0.255 e. The number of nitrogens with one attached hydrogen (secondary N) is 2. The molecule has 4 aromatic rings. The Morgan fingerprint density at radius 2 is 1.13 bits per heavy atom. The maximum absolute atomic E-state index is 12.5. The minimum absolute atomic E-state index is 0.113. The number of phenolic OH excluding ortho intramolecular Hbond substituents is 2. The Bertz CT molecular complexity index is 2070. The summed E-state index contributed by atoms with van der Waals surface area (Å²) in [6.07, 6.45) is 4.84. The molecule has 0 spiro atoms. The van der Waals surface area contributed by atoms with Crippen LogP contribution in [0.25, 0.3) is 0 Å². The van der Waals surface area contributed by atoms with Gasteiger partial charge in [0.1, 0.15) is 22.7 Å². The highest BCUT2D eigenvalue weighted by atomic mass is 35.5. The number of benzene rings is 4. The van der Waals surface area contributed by atoms with Crippen LogP contribution in [0.2, 0.25) is 15.1 Å². The van der Waals surface area contributed by atoms with Crippen LogP contribution in [0.1, 0.15) is 83.2 Å². The molecule has 2 aliphatic carbocycles. The predicted molar refractivity (Wildman–Crippen MR) is 207 cm³/mol. The van der Waals surface area contributed by atoms with Crippen LogP contribution < -0.4 is 10.6 Å². The quantitative estimate of drug-likeness (QED) is 0.118. The molecule has 274 valence electrons. The third-order valence-electron chi connectivity index (χ3n) is 8.99. The second-order valence-corrected chi connectivity index (χ2v) is 14.6. The number of hydrogen-bond acceptors (Lipinski definition) is 6. The highest BCUT2D eigenvalue weighted by Crippen LogP contribution is 2.30. The summed E-state index contributed by atoms with van der Waals surface area (Å²) in [5.74, 6) is 11.2. The Morgan fingerprint density at radius 3 is 1.64 bits per heavy atom. The van der Waals surface area contributed by atoms with Gasteiger partial charge in [-0.15, -0.1) is 0 Å². The Balaban J connectivity index is 0.000000204. The van der Waals surface area contributed by atoms with E-state index >= 15 is 0 Å². The predicted octanol–water partition coefficient (Wildman–Crippen LogP) is 7.66. The molecular formula is C42H39Cl3N2O6. The van der Waals surface area contributed by atoms with E-state index in [1.807, 2.05) is 18.2 Å². The van der Waals surface area contributed by atoms with Crippen molar-refractivity contribution in [3.63, 3.8) is 0 Å². The van der Waals surface area contributed by atoms with Gasteiger partial charge in [0.2, 0.25) is 0 Å². The average molecular weight is 774 g/mol. The van der Waals surface area contributed by atoms with Crippen molar-refractivity contribution in [1.29, 1.82) is 0 Å². The van der Waals surface area contributed by atoms with Crippen molar-refractivity contribution in [2.45, 2.75) is 74.7 Å². The number of hydrogen-bond donors (Lipinski definition) is 6. The number of aliphatic hydroxyl groups is 2. The van der Waals surface area contributed by atoms with Crippen molar-refractivity contribution in [3.8, 4) is 35.2 Å². The second kappa shape index (κ2) is 17.9. The molecule has 2 aliphatic rings. The molecule has 0 aromatic heterocycles. The van der Waals surface area contributed by atoms with Crippen LogP contribution >= 0.6 is 34.8 Å². The average Bonchev–Trinajstić information content (AvgIpc) is 3.12. The van der Waals surface area contributed by atoms with Crippen molar-refractivity contribution in [2.75, 3.05) is 0 Å². The molecule has 8 nitrogen and oxygen atoms in total. The molecule has 4 aromatic carbocycles. The minimum Gasteiger partial charge on any atom is -0.508 e. The summed E-state index contributed by atoms with van der Waals surface area (Å²) < 4.78 is 0. The van der Waals surface area contributed by atoms with Gasteiger partial charge in [-0.1, -0.05) is 70.6 Å². The lowest BCUT2D eigenvalue weighted by molar-refractivity contribution is 0.0443. The molecule has 2 fully saturated rings. The summed E-state index contributed by atoms with van der Waals surface area (Å²) in [6, 6.07) is 24.3. The van der Waals surface area contributed by atoms with Crippen LogP contribution in [0.3, 0.4) is 0 Å². The minimum atomic E-state index is -1.19. The fourth-order valence-corrected chi connectivity index (χ4v) is 6.88. The molecule has 11 heteroatoms. The van der Waals surface area contributed by atoms with Gasteiger partial charge >= 0.3 is 0 Å². The number of carbonyl (C=O) groups is 2. The fourth-order valence-electron chi connectivity index (χ4n) is 6.32. The zero-order chi connectivity index (χ0) is 38.0. The monoisotopic (exact) mass is 772 g/mol. The van der Waals surface area contributed by atoms with Crippen molar-refractivity contribution in [1.82, 2.24) is 10.6 Å². The van der Waals surface area contributed by atoms with Crippen LogP contribution in [-0.4, -0.2) is 55.5 Å². The topological polar surface area (TPSA) is 139 Å². The van der Waals surface area contributed by atoms with Crippen LogP contribution in [0, 0.1) is 23.7 Å². The van der Waals surface area contributed by atoms with Gasteiger partial charge in [-0.3, -0.25) is 9.59 Å². The van der Waals surface area contributed by atoms with E-state index in [0.29, 0.717) is 46.3 Å². The summed E-state index contributed by atoms with van der Waals surface area (Å²) in [5.41, 5.74) is -0.252. The molecule has 6 N–H and O–H groups in total. The third-order valence-corrected chi connectivity index (χ3v) is 9.69. The van der Waals surface area contributed by atoms with E-state index in [1.165, 1.54) is 30.3 Å². The molecule has 0 aliphatic heterocycles. The molecule has 2 amide bonds. The zero-order valence-corrected chi connectivity index (χ0v) is 31.0. The summed E-state index contributed by atoms with van der Waals surface area (Å²) in [4.78, 5) is 24.8. The first-order chi connectivity index (χ1) is 25.3. The van der Waals surface area contributed by atoms with Gasteiger partial charge in [-0.05, 0) is 117 Å². The highest BCUT2D eigenvalue weighted by Gasteiger charge is 2.35. The SMILES string of the molecule is O=C(N[C@H]1CCC[C@@](O)(C#Cc2cccc(Cl)c2)C1)c1cc(Cl)ccc1O.O=C(N[C@H]1CCC[C@@](O)(C#Cc2cccc(Cl)c2)C1)c1ccc(O)cc1. The van der Waals surface area contributed by atoms with Crippen molar-refractivity contribution >= 4 is 46.6 Å². The first-order valence-electron chi connectivity index (χ1n) is 17.2. The number of rotatable bonds is 4. The van der Waals surface area contributed by atoms with E-state index in [-0.39, 0.29) is 35.1 Å². The van der Waals surface area contributed by atoms with E-state index in [4.69, 9.17) is 34.8 Å². The van der Waals surface area contributed by atoms with Crippen LogP contribution in [0.5, 0.6) is 11.5 Å². The third kappa shape index (κ3) is 11.9. The molecule has 6 rings (SSSR count). The van der Waals surface area contributed by atoms with Crippen molar-refractivity contribution in [3.05, 3.63) is 128 Å². The van der Waals surface area contributed by atoms with Crippen molar-refractivity contribution in [2.24, 2.45) is 0 Å². The standard InChI is InChI=1S/C21H19Cl2NO3.C21H20ClNO3/c22-15-4-1-3-14(11-15)8-10-21(27)9-2-5-17(13-21)24-20(26)18-12-16(23)6-7-19(18)25;22-17-4-1-3-15(13-17)10-12-21(26)11-2-5-18(14-21)23-20(25)16-6-8-19(24)9-7-16/h1,3-4,6-7,11-12,17,25,27H,2,5,9,13H2,(H,24,26);1,3-4,6-9,13,18,24,26H,2,5,11,14H2,(H,23,25)/t17-,21+;18-,21+/m00/s1. The molecule has 0 bridgehead atoms. The number of aromatic hydroxyl groups is 2. The number of halogens is 3. The molecule has 0 heterocycles. The number of phenols is 2. The largest absolute Gasteiger partial charge is 0.508 e. The van der Waals surface area contributed by atoms with Gasteiger partial charge < -0.3 is 31.1 Å². The maximum atomic E-state index is 12.5. The summed E-state index contributed by atoms with van der Waals surface area (Å²) in [5, 5.41) is 48.2. The zero-order valence-electron chi connectivity index (χ0n) is 28.7. The van der Waals surface area contributed by atoms with Gasteiger partial charge in [0.05, 0.1) is 5.56 Å². The molecule has 0 saturated heterocycles. The van der Waals surface area contributed by atoms with Gasteiger partial charge in [0.15, 0.2) is 0 Å². The fraction of sp³-hybridized carbons (Fsp3) is 0.286. The van der Waals surface area contributed by atoms with Crippen LogP contribution in [-0.2, 0) is 0 Å². The number of carbonyl (C=O) groups excluding carboxylic acids is 2. The smallest absolute Gasteiger partial charge is 0.255 e. The lowest BCUT2D eigenvalue weighted by Gasteiger charge is -2.33. The van der Waals surface area contributed by atoms with Crippen molar-refractivity contribution < 1.29 is 30.0 Å². The van der Waals surface area contributed by atoms with E-state index in [2.05, 4.69) is 34.3 Å². The lowest BCUT2D eigenvalue weighted by Crippen LogP contribution is -2.45. The van der Waals surface area contributed by atoms with Gasteiger partial charge in [0.25, 0.3) is 11.8 Å². The van der Waals surface area contributed by atoms with E-state index < -0.39 is 17.1 Å². The van der Waals surface area contributed by atoms with E-state index in [1.54, 1.807) is 42.5 Å². The molecule has 53 heavy (non-hydrogen) atoms. The summed E-state index contributed by atoms with van der Waals surface area (Å²) >= 11 is 17.8. The Kier molecular flexibility index (Phi) is 13.4. The Labute approximate surface area is 324 Å². The van der Waals surface area contributed by atoms with Gasteiger partial charge in [-0.25, -0.2) is 0 Å². The van der Waals surface area contributed by atoms with Gasteiger partial charge in [0, 0.05) is 56.7 Å². The van der Waals surface area contributed by atoms with Crippen LogP contribution in [0.4, 0.5) is 0 Å². The lowest BCUT2D eigenvalue weighted by atomic mass is 9.82. The summed E-state index contributed by atoms with van der Waals surface area (Å²) in [7, 11) is 0. The molecular weight excluding hydrogens is 735 g/mol. The Hall–Kier alpha value is -4.67. The Morgan fingerprint density at radius 1 is 0.642 bits per heavy atom. The molecule has 4 atom stereocenters. The summed E-state index contributed by atoms with van der Waals surface area (Å²) in [6.45, 7) is 0. The first-order valence-corrected chi connectivity index (χ1v) is 18.3. The van der Waals surface area contributed by atoms with E-state index in [0.717, 1.165) is 36.8 Å². The van der Waals surface area contributed by atoms with Gasteiger partial charge in [-0.2, -0.15) is 0 Å². The number of amides is 2.